The van der Waals surface area contributed by atoms with Crippen LogP contribution >= 0.6 is 0 Å². The second-order valence-corrected chi connectivity index (χ2v) is 18.1. The number of esters is 3. The molecule has 0 aromatic rings. The second-order valence-electron chi connectivity index (χ2n) is 18.1. The van der Waals surface area contributed by atoms with Crippen LogP contribution in [0.3, 0.4) is 0 Å². The van der Waals surface area contributed by atoms with Crippen molar-refractivity contribution >= 4 is 17.9 Å². The Kier molecular flexibility index (Phi) is 51.9. The van der Waals surface area contributed by atoms with Gasteiger partial charge in [-0.25, -0.2) is 0 Å². The number of allylic oxidation sites excluding steroid dienone is 16. The van der Waals surface area contributed by atoms with Gasteiger partial charge in [0, 0.05) is 19.3 Å². The van der Waals surface area contributed by atoms with Crippen LogP contribution in [0.15, 0.2) is 97.2 Å². The van der Waals surface area contributed by atoms with E-state index in [-0.39, 0.29) is 31.1 Å². The third kappa shape index (κ3) is 53.2. The lowest BCUT2D eigenvalue weighted by atomic mass is 10.1. The molecule has 1 unspecified atom stereocenters. The first-order valence-electron chi connectivity index (χ1n) is 27.7. The van der Waals surface area contributed by atoms with Crippen LogP contribution in [0.4, 0.5) is 0 Å². The van der Waals surface area contributed by atoms with Gasteiger partial charge in [-0.2, -0.15) is 0 Å². The van der Waals surface area contributed by atoms with Gasteiger partial charge >= 0.3 is 17.9 Å². The van der Waals surface area contributed by atoms with Crippen molar-refractivity contribution in [3.63, 3.8) is 0 Å². The summed E-state index contributed by atoms with van der Waals surface area (Å²) in [4.78, 5) is 38.1. The summed E-state index contributed by atoms with van der Waals surface area (Å²) < 4.78 is 16.8. The summed E-state index contributed by atoms with van der Waals surface area (Å²) in [7, 11) is 0. The summed E-state index contributed by atoms with van der Waals surface area (Å²) in [6, 6.07) is 0. The van der Waals surface area contributed by atoms with Gasteiger partial charge in [0.05, 0.1) is 0 Å². The van der Waals surface area contributed by atoms with Crippen molar-refractivity contribution in [1.82, 2.24) is 0 Å². The highest BCUT2D eigenvalue weighted by Gasteiger charge is 2.19. The Bertz CT molecular complexity index is 1350. The van der Waals surface area contributed by atoms with E-state index in [9.17, 15) is 14.4 Å². The van der Waals surface area contributed by atoms with E-state index in [0.29, 0.717) is 19.3 Å². The van der Waals surface area contributed by atoms with Crippen molar-refractivity contribution in [2.24, 2.45) is 0 Å². The van der Waals surface area contributed by atoms with Gasteiger partial charge in [-0.05, 0) is 122 Å². The van der Waals surface area contributed by atoms with Crippen LogP contribution in [0.1, 0.15) is 252 Å². The Labute approximate surface area is 413 Å². The average molecular weight is 931 g/mol. The lowest BCUT2D eigenvalue weighted by molar-refractivity contribution is -0.167. The molecule has 0 aromatic carbocycles. The molecule has 6 nitrogen and oxygen atoms in total. The fourth-order valence-electron chi connectivity index (χ4n) is 7.37. The minimum Gasteiger partial charge on any atom is -0.462 e. The molecule has 0 heterocycles. The molecular weight excluding hydrogens is 829 g/mol. The van der Waals surface area contributed by atoms with Crippen molar-refractivity contribution < 1.29 is 28.6 Å². The highest BCUT2D eigenvalue weighted by Crippen LogP contribution is 2.13. The third-order valence-electron chi connectivity index (χ3n) is 11.5. The van der Waals surface area contributed by atoms with Gasteiger partial charge in [0.15, 0.2) is 6.10 Å². The molecule has 382 valence electrons. The van der Waals surface area contributed by atoms with E-state index < -0.39 is 6.10 Å². The number of carbonyl (C=O) groups is 3. The highest BCUT2D eigenvalue weighted by atomic mass is 16.6. The summed E-state index contributed by atoms with van der Waals surface area (Å²) >= 11 is 0. The summed E-state index contributed by atoms with van der Waals surface area (Å²) in [6.45, 7) is 6.44. The highest BCUT2D eigenvalue weighted by molar-refractivity contribution is 5.71. The normalized spacial score (nSPS) is 12.8. The van der Waals surface area contributed by atoms with Gasteiger partial charge in [0.25, 0.3) is 0 Å². The first kappa shape index (κ1) is 63.3. The van der Waals surface area contributed by atoms with E-state index in [1.165, 1.54) is 89.9 Å². The van der Waals surface area contributed by atoms with Crippen LogP contribution in [0.5, 0.6) is 0 Å². The van der Waals surface area contributed by atoms with E-state index in [1.54, 1.807) is 0 Å². The monoisotopic (exact) mass is 931 g/mol. The van der Waals surface area contributed by atoms with E-state index in [4.69, 9.17) is 14.2 Å². The third-order valence-corrected chi connectivity index (χ3v) is 11.5. The van der Waals surface area contributed by atoms with Gasteiger partial charge in [-0.15, -0.1) is 0 Å². The molecular formula is C61H102O6. The number of hydrogen-bond donors (Lipinski definition) is 0. The lowest BCUT2D eigenvalue weighted by Crippen LogP contribution is -2.30. The fraction of sp³-hybridized carbons (Fsp3) is 0.689. The molecule has 0 saturated carbocycles. The molecule has 0 amide bonds. The Hall–Kier alpha value is -3.67. The number of carbonyl (C=O) groups excluding carboxylic acids is 3. The Morgan fingerprint density at radius 1 is 0.313 bits per heavy atom. The van der Waals surface area contributed by atoms with Crippen LogP contribution in [0.2, 0.25) is 0 Å². The maximum atomic E-state index is 12.8. The van der Waals surface area contributed by atoms with Gasteiger partial charge in [0.1, 0.15) is 13.2 Å². The van der Waals surface area contributed by atoms with Crippen molar-refractivity contribution in [2.45, 2.75) is 258 Å². The Morgan fingerprint density at radius 2 is 0.582 bits per heavy atom. The molecule has 0 spiro atoms. The van der Waals surface area contributed by atoms with E-state index in [1.807, 2.05) is 0 Å². The summed E-state index contributed by atoms with van der Waals surface area (Å²) in [5, 5.41) is 0. The molecule has 0 aromatic heterocycles. The smallest absolute Gasteiger partial charge is 0.306 e. The predicted molar refractivity (Wildman–Crippen MR) is 288 cm³/mol. The quantitative estimate of drug-likeness (QED) is 0.0262. The topological polar surface area (TPSA) is 78.9 Å². The van der Waals surface area contributed by atoms with Gasteiger partial charge in [0.2, 0.25) is 0 Å². The van der Waals surface area contributed by atoms with Crippen molar-refractivity contribution in [3.05, 3.63) is 97.2 Å². The molecule has 0 fully saturated rings. The molecule has 0 rings (SSSR count). The second kappa shape index (κ2) is 54.9. The lowest BCUT2D eigenvalue weighted by Gasteiger charge is -2.18. The fourth-order valence-corrected chi connectivity index (χ4v) is 7.37. The molecule has 67 heavy (non-hydrogen) atoms. The standard InChI is InChI=1S/C61H102O6/c1-4-7-10-13-16-19-22-25-28-30-31-34-36-39-42-45-48-51-54-60(63)66-57-58(56-65-59(62)53-50-47-44-41-38-35-32-27-24-21-18-15-12-9-6-3)67-61(64)55-52-49-46-43-40-37-33-29-26-23-20-17-14-11-8-5-2/h9,12,18-23,27-30,32-33,38,41,58H,4-8,10-11,13-17,24-26,31,34-37,39-40,42-57H2,1-3H3/b12-9-,21-18-,22-19-,23-20-,30-28-,32-27-,33-29-,41-38-. The van der Waals surface area contributed by atoms with E-state index in [2.05, 4.69) is 118 Å². The predicted octanol–water partition coefficient (Wildman–Crippen LogP) is 18.5. The first-order chi connectivity index (χ1) is 33.0. The molecule has 6 heteroatoms. The van der Waals surface area contributed by atoms with Crippen LogP contribution in [-0.2, 0) is 28.6 Å². The van der Waals surface area contributed by atoms with Crippen LogP contribution in [0, 0.1) is 0 Å². The number of hydrogen-bond acceptors (Lipinski definition) is 6. The maximum Gasteiger partial charge on any atom is 0.306 e. The van der Waals surface area contributed by atoms with E-state index in [0.717, 1.165) is 122 Å². The largest absolute Gasteiger partial charge is 0.462 e. The summed E-state index contributed by atoms with van der Waals surface area (Å²) in [5.41, 5.74) is 0. The number of unbranched alkanes of at least 4 members (excludes halogenated alkanes) is 22. The zero-order valence-electron chi connectivity index (χ0n) is 43.6. The molecule has 0 bridgehead atoms. The van der Waals surface area contributed by atoms with Crippen LogP contribution in [-0.4, -0.2) is 37.2 Å². The van der Waals surface area contributed by atoms with Crippen LogP contribution in [0.25, 0.3) is 0 Å². The molecule has 0 aliphatic heterocycles. The molecule has 0 radical (unpaired) electrons. The first-order valence-corrected chi connectivity index (χ1v) is 27.7. The zero-order valence-corrected chi connectivity index (χ0v) is 43.6. The van der Waals surface area contributed by atoms with Gasteiger partial charge < -0.3 is 14.2 Å². The SMILES string of the molecule is CC/C=C\C/C=C\C/C=C\C/C=C\CCCCC(=O)OCC(COC(=O)CCCCCCCCC/C=C\C/C=C\CCCCCC)OC(=O)CCCCCCC/C=C\C/C=C\CCCCCC. The molecule has 0 aliphatic carbocycles. The summed E-state index contributed by atoms with van der Waals surface area (Å²) in [5.74, 6) is -0.965. The number of rotatable bonds is 49. The van der Waals surface area contributed by atoms with Gasteiger partial charge in [-0.3, -0.25) is 14.4 Å². The summed E-state index contributed by atoms with van der Waals surface area (Å²) in [6.07, 6.45) is 72.5. The minimum absolute atomic E-state index is 0.101. The molecule has 0 N–H and O–H groups in total. The molecule has 0 aliphatic rings. The Balaban J connectivity index is 4.48. The maximum absolute atomic E-state index is 12.8. The molecule has 0 saturated heterocycles. The Morgan fingerprint density at radius 3 is 0.940 bits per heavy atom. The van der Waals surface area contributed by atoms with Gasteiger partial charge in [-0.1, -0.05) is 208 Å². The van der Waals surface area contributed by atoms with Crippen molar-refractivity contribution in [3.8, 4) is 0 Å². The van der Waals surface area contributed by atoms with Crippen LogP contribution < -0.4 is 0 Å². The number of ether oxygens (including phenoxy) is 3. The minimum atomic E-state index is -0.806. The average Bonchev–Trinajstić information content (AvgIpc) is 3.33. The van der Waals surface area contributed by atoms with E-state index >= 15 is 0 Å². The van der Waals surface area contributed by atoms with Crippen molar-refractivity contribution in [1.29, 1.82) is 0 Å². The molecule has 1 atom stereocenters. The van der Waals surface area contributed by atoms with Crippen molar-refractivity contribution in [2.75, 3.05) is 13.2 Å². The zero-order chi connectivity index (χ0) is 48.6.